The van der Waals surface area contributed by atoms with E-state index in [1.165, 1.54) is 4.90 Å². The van der Waals surface area contributed by atoms with Crippen LogP contribution in [0.15, 0.2) is 47.4 Å². The molecule has 0 atom stereocenters. The van der Waals surface area contributed by atoms with Gasteiger partial charge in [-0.1, -0.05) is 23.7 Å². The summed E-state index contributed by atoms with van der Waals surface area (Å²) in [5, 5.41) is 1.39. The van der Waals surface area contributed by atoms with Crippen LogP contribution in [0.5, 0.6) is 0 Å². The Morgan fingerprint density at radius 3 is 2.50 bits per heavy atom. The first-order valence-corrected chi connectivity index (χ1v) is 8.63. The molecule has 2 aromatic carbocycles. The summed E-state index contributed by atoms with van der Waals surface area (Å²) in [4.78, 5) is 10.2. The summed E-state index contributed by atoms with van der Waals surface area (Å²) < 4.78 is 1.12. The Kier molecular flexibility index (Phi) is 4.14. The Hall–Kier alpha value is -0.850. The highest BCUT2D eigenvalue weighted by molar-refractivity contribution is 14.1. The van der Waals surface area contributed by atoms with Crippen molar-refractivity contribution in [3.8, 4) is 11.4 Å². The van der Waals surface area contributed by atoms with Crippen molar-refractivity contribution < 1.29 is 0 Å². The van der Waals surface area contributed by atoms with E-state index in [-0.39, 0.29) is 0 Å². The molecule has 3 rings (SSSR count). The molecular weight excluding hydrogens is 403 g/mol. The highest BCUT2D eigenvalue weighted by Crippen LogP contribution is 2.27. The van der Waals surface area contributed by atoms with Crippen molar-refractivity contribution in [2.24, 2.45) is 0 Å². The average molecular weight is 413 g/mol. The third-order valence-corrected chi connectivity index (χ3v) is 4.66. The summed E-state index contributed by atoms with van der Waals surface area (Å²) in [6.07, 6.45) is 2.06. The van der Waals surface area contributed by atoms with Crippen LogP contribution in [0, 0.1) is 3.57 Å². The zero-order valence-electron chi connectivity index (χ0n) is 10.6. The molecule has 0 saturated carbocycles. The van der Waals surface area contributed by atoms with Gasteiger partial charge in [-0.3, -0.25) is 0 Å². The quantitative estimate of drug-likeness (QED) is 0.325. The molecule has 100 valence electrons. The molecule has 0 bridgehead atoms. The molecule has 1 aromatic heterocycles. The van der Waals surface area contributed by atoms with Crippen LogP contribution in [0.1, 0.15) is 0 Å². The zero-order valence-corrected chi connectivity index (χ0v) is 14.3. The van der Waals surface area contributed by atoms with Gasteiger partial charge in [-0.25, -0.2) is 9.97 Å². The van der Waals surface area contributed by atoms with Crippen LogP contribution in [0.25, 0.3) is 22.3 Å². The predicted molar refractivity (Wildman–Crippen MR) is 94.5 cm³/mol. The number of hydrogen-bond acceptors (Lipinski definition) is 3. The lowest BCUT2D eigenvalue weighted by atomic mass is 10.2. The Labute approximate surface area is 140 Å². The topological polar surface area (TPSA) is 25.8 Å². The molecule has 0 spiro atoms. The molecule has 0 aliphatic rings. The van der Waals surface area contributed by atoms with Gasteiger partial charge in [0.25, 0.3) is 0 Å². The van der Waals surface area contributed by atoms with Crippen molar-refractivity contribution in [1.29, 1.82) is 0 Å². The largest absolute Gasteiger partial charge is 0.228 e. The van der Waals surface area contributed by atoms with Crippen LogP contribution in [0.3, 0.4) is 0 Å². The van der Waals surface area contributed by atoms with Gasteiger partial charge < -0.3 is 0 Å². The molecule has 20 heavy (non-hydrogen) atoms. The van der Waals surface area contributed by atoms with Crippen LogP contribution >= 0.6 is 46.0 Å². The van der Waals surface area contributed by atoms with E-state index in [9.17, 15) is 0 Å². The first kappa shape index (κ1) is 14.1. The Bertz CT molecular complexity index is 775. The molecule has 0 fully saturated rings. The maximum absolute atomic E-state index is 6.28. The van der Waals surface area contributed by atoms with Crippen LogP contribution in [-0.2, 0) is 0 Å². The molecule has 3 aromatic rings. The molecule has 5 heteroatoms. The normalized spacial score (nSPS) is 10.9. The standard InChI is InChI=1S/C15H10ClIN2S/c1-20-11-5-2-9(3-6-11)15-18-13-7-4-10(17)8-12(13)14(16)19-15/h2-8H,1H3. The fraction of sp³-hybridized carbons (Fsp3) is 0.0667. The van der Waals surface area contributed by atoms with Crippen molar-refractivity contribution in [2.45, 2.75) is 4.90 Å². The summed E-state index contributed by atoms with van der Waals surface area (Å²) in [5.41, 5.74) is 1.85. The van der Waals surface area contributed by atoms with E-state index < -0.39 is 0 Å². The lowest BCUT2D eigenvalue weighted by Gasteiger charge is -2.05. The van der Waals surface area contributed by atoms with Crippen LogP contribution in [0.2, 0.25) is 5.15 Å². The van der Waals surface area contributed by atoms with Crippen molar-refractivity contribution in [2.75, 3.05) is 6.26 Å². The Morgan fingerprint density at radius 2 is 1.80 bits per heavy atom. The van der Waals surface area contributed by atoms with E-state index in [0.717, 1.165) is 20.0 Å². The monoisotopic (exact) mass is 412 g/mol. The van der Waals surface area contributed by atoms with Gasteiger partial charge in [-0.15, -0.1) is 11.8 Å². The van der Waals surface area contributed by atoms with Crippen molar-refractivity contribution in [3.05, 3.63) is 51.2 Å². The Morgan fingerprint density at radius 1 is 1.05 bits per heavy atom. The maximum atomic E-state index is 6.28. The highest BCUT2D eigenvalue weighted by Gasteiger charge is 2.08. The first-order valence-electron chi connectivity index (χ1n) is 5.94. The summed E-state index contributed by atoms with van der Waals surface area (Å²) >= 11 is 10.3. The van der Waals surface area contributed by atoms with Crippen LogP contribution in [0.4, 0.5) is 0 Å². The number of rotatable bonds is 2. The second-order valence-electron chi connectivity index (χ2n) is 4.23. The fourth-order valence-electron chi connectivity index (χ4n) is 1.93. The van der Waals surface area contributed by atoms with Gasteiger partial charge in [0.2, 0.25) is 0 Å². The predicted octanol–water partition coefficient (Wildman–Crippen LogP) is 5.28. The average Bonchev–Trinajstić information content (AvgIpc) is 2.48. The lowest BCUT2D eigenvalue weighted by molar-refractivity contribution is 1.22. The highest BCUT2D eigenvalue weighted by atomic mass is 127. The van der Waals surface area contributed by atoms with E-state index in [4.69, 9.17) is 11.6 Å². The van der Waals surface area contributed by atoms with Gasteiger partial charge >= 0.3 is 0 Å². The summed E-state index contributed by atoms with van der Waals surface area (Å²) in [7, 11) is 0. The van der Waals surface area contributed by atoms with Gasteiger partial charge in [0.1, 0.15) is 5.15 Å². The third kappa shape index (κ3) is 2.77. The van der Waals surface area contributed by atoms with E-state index in [1.807, 2.05) is 30.3 Å². The van der Waals surface area contributed by atoms with Gasteiger partial charge in [0.05, 0.1) is 5.52 Å². The van der Waals surface area contributed by atoms with E-state index in [0.29, 0.717) is 11.0 Å². The minimum absolute atomic E-state index is 0.498. The number of fused-ring (bicyclic) bond motifs is 1. The molecule has 0 aliphatic heterocycles. The smallest absolute Gasteiger partial charge is 0.161 e. The van der Waals surface area contributed by atoms with Gasteiger partial charge in [-0.05, 0) is 59.2 Å². The SMILES string of the molecule is CSc1ccc(-c2nc(Cl)c3cc(I)ccc3n2)cc1. The maximum Gasteiger partial charge on any atom is 0.161 e. The minimum Gasteiger partial charge on any atom is -0.228 e. The van der Waals surface area contributed by atoms with E-state index >= 15 is 0 Å². The molecule has 0 saturated heterocycles. The summed E-state index contributed by atoms with van der Waals surface area (Å²) in [5.74, 6) is 0.663. The van der Waals surface area contributed by atoms with Crippen molar-refractivity contribution >= 4 is 56.9 Å². The second kappa shape index (κ2) is 5.87. The van der Waals surface area contributed by atoms with Gasteiger partial charge in [0.15, 0.2) is 5.82 Å². The Balaban J connectivity index is 2.14. The number of thioether (sulfide) groups is 1. The van der Waals surface area contributed by atoms with E-state index in [2.05, 4.69) is 50.9 Å². The van der Waals surface area contributed by atoms with Crippen molar-refractivity contribution in [1.82, 2.24) is 9.97 Å². The summed E-state index contributed by atoms with van der Waals surface area (Å²) in [6.45, 7) is 0. The zero-order chi connectivity index (χ0) is 14.1. The second-order valence-corrected chi connectivity index (χ2v) is 6.71. The molecule has 0 aliphatic carbocycles. The van der Waals surface area contributed by atoms with Crippen LogP contribution < -0.4 is 0 Å². The summed E-state index contributed by atoms with van der Waals surface area (Å²) in [6, 6.07) is 14.2. The van der Waals surface area contributed by atoms with Crippen molar-refractivity contribution in [3.63, 3.8) is 0 Å². The number of aromatic nitrogens is 2. The molecule has 0 radical (unpaired) electrons. The number of hydrogen-bond donors (Lipinski definition) is 0. The fourth-order valence-corrected chi connectivity index (χ4v) is 3.06. The molecular formula is C15H10ClIN2S. The molecule has 1 heterocycles. The van der Waals surface area contributed by atoms with E-state index in [1.54, 1.807) is 11.8 Å². The molecule has 0 amide bonds. The number of nitrogens with zero attached hydrogens (tertiary/aromatic N) is 2. The van der Waals surface area contributed by atoms with Gasteiger partial charge in [-0.2, -0.15) is 0 Å². The van der Waals surface area contributed by atoms with Crippen LogP contribution in [-0.4, -0.2) is 16.2 Å². The first-order chi connectivity index (χ1) is 9.67. The number of halogens is 2. The molecule has 2 nitrogen and oxygen atoms in total. The molecule has 0 unspecified atom stereocenters. The third-order valence-electron chi connectivity index (χ3n) is 2.96. The number of benzene rings is 2. The van der Waals surface area contributed by atoms with Gasteiger partial charge in [0, 0.05) is 19.4 Å². The lowest BCUT2D eigenvalue weighted by Crippen LogP contribution is -1.92. The molecule has 0 N–H and O–H groups in total. The minimum atomic E-state index is 0.498.